The summed E-state index contributed by atoms with van der Waals surface area (Å²) in [6, 6.07) is 10.8. The van der Waals surface area contributed by atoms with Gasteiger partial charge in [0.05, 0.1) is 36.1 Å². The minimum absolute atomic E-state index is 0.144. The smallest absolute Gasteiger partial charge is 0.322 e. The molecule has 8 heteroatoms. The molecule has 0 aliphatic carbocycles. The quantitative estimate of drug-likeness (QED) is 0.730. The summed E-state index contributed by atoms with van der Waals surface area (Å²) in [6.07, 6.45) is 1.86. The van der Waals surface area contributed by atoms with Crippen molar-refractivity contribution >= 4 is 17.8 Å². The number of hydrogen-bond donors (Lipinski definition) is 2. The summed E-state index contributed by atoms with van der Waals surface area (Å²) in [6.45, 7) is 4.93. The Labute approximate surface area is 187 Å². The van der Waals surface area contributed by atoms with Gasteiger partial charge in [0.15, 0.2) is 0 Å². The van der Waals surface area contributed by atoms with E-state index in [4.69, 9.17) is 0 Å². The number of aryl methyl sites for hydroxylation is 2. The predicted octanol–water partition coefficient (Wildman–Crippen LogP) is 2.20. The third kappa shape index (κ3) is 4.21. The van der Waals surface area contributed by atoms with Crippen LogP contribution in [0.3, 0.4) is 0 Å². The maximum absolute atomic E-state index is 13.3. The van der Waals surface area contributed by atoms with Gasteiger partial charge in [-0.15, -0.1) is 0 Å². The lowest BCUT2D eigenvalue weighted by Gasteiger charge is -2.31. The lowest BCUT2D eigenvalue weighted by Crippen LogP contribution is -2.45. The number of pyridine rings is 1. The molecule has 4 amide bonds. The van der Waals surface area contributed by atoms with E-state index in [0.717, 1.165) is 22.4 Å². The van der Waals surface area contributed by atoms with Crippen molar-refractivity contribution in [1.82, 2.24) is 25.4 Å². The van der Waals surface area contributed by atoms with Gasteiger partial charge in [-0.25, -0.2) is 4.79 Å². The summed E-state index contributed by atoms with van der Waals surface area (Å²) in [4.78, 5) is 45.5. The highest BCUT2D eigenvalue weighted by Crippen LogP contribution is 2.36. The molecule has 2 aliphatic heterocycles. The number of benzene rings is 1. The van der Waals surface area contributed by atoms with E-state index in [-0.39, 0.29) is 30.8 Å². The van der Waals surface area contributed by atoms with Gasteiger partial charge in [-0.3, -0.25) is 19.5 Å². The summed E-state index contributed by atoms with van der Waals surface area (Å²) < 4.78 is 0. The standard InChI is InChI=1S/C24H27N5O3/c1-15-7-8-18(16(2)12-15)22-21-19(28(3)24(32)27-22)14-29(23(21)31)11-9-20(30)26-13-17-6-4-5-10-25-17/h4-8,10,12,22H,9,11,13-14H2,1-3H3,(H,26,30)(H,27,32). The van der Waals surface area contributed by atoms with Crippen LogP contribution in [0.15, 0.2) is 53.9 Å². The monoisotopic (exact) mass is 433 g/mol. The van der Waals surface area contributed by atoms with E-state index in [1.54, 1.807) is 18.1 Å². The Balaban J connectivity index is 1.45. The van der Waals surface area contributed by atoms with E-state index in [1.165, 1.54) is 4.90 Å². The number of hydrogen-bond acceptors (Lipinski definition) is 4. The van der Waals surface area contributed by atoms with Crippen LogP contribution in [0.25, 0.3) is 0 Å². The van der Waals surface area contributed by atoms with E-state index < -0.39 is 6.04 Å². The molecule has 0 saturated heterocycles. The fourth-order valence-electron chi connectivity index (χ4n) is 4.20. The van der Waals surface area contributed by atoms with Crippen molar-refractivity contribution in [1.29, 1.82) is 0 Å². The molecule has 0 bridgehead atoms. The van der Waals surface area contributed by atoms with Gasteiger partial charge in [-0.05, 0) is 37.1 Å². The lowest BCUT2D eigenvalue weighted by atomic mass is 9.91. The van der Waals surface area contributed by atoms with Gasteiger partial charge in [-0.1, -0.05) is 29.8 Å². The molecule has 3 heterocycles. The Kier molecular flexibility index (Phi) is 5.94. The van der Waals surface area contributed by atoms with Crippen LogP contribution >= 0.6 is 0 Å². The van der Waals surface area contributed by atoms with Crippen molar-refractivity contribution in [3.8, 4) is 0 Å². The molecule has 0 saturated carbocycles. The number of amides is 4. The largest absolute Gasteiger partial charge is 0.350 e. The van der Waals surface area contributed by atoms with Crippen LogP contribution in [-0.4, -0.2) is 52.8 Å². The Morgan fingerprint density at radius 3 is 2.75 bits per heavy atom. The number of aromatic nitrogens is 1. The summed E-state index contributed by atoms with van der Waals surface area (Å²) in [5.74, 6) is -0.295. The highest BCUT2D eigenvalue weighted by Gasteiger charge is 2.43. The first-order valence-corrected chi connectivity index (χ1v) is 10.7. The van der Waals surface area contributed by atoms with E-state index in [9.17, 15) is 14.4 Å². The second-order valence-electron chi connectivity index (χ2n) is 8.24. The van der Waals surface area contributed by atoms with Crippen molar-refractivity contribution in [3.63, 3.8) is 0 Å². The van der Waals surface area contributed by atoms with Gasteiger partial charge in [0.1, 0.15) is 0 Å². The Hall–Kier alpha value is -3.68. The molecule has 32 heavy (non-hydrogen) atoms. The normalized spacial score (nSPS) is 18.0. The third-order valence-electron chi connectivity index (χ3n) is 5.97. The molecular weight excluding hydrogens is 406 g/mol. The summed E-state index contributed by atoms with van der Waals surface area (Å²) in [5.41, 5.74) is 5.10. The van der Waals surface area contributed by atoms with Crippen molar-refractivity contribution in [3.05, 3.63) is 76.2 Å². The molecule has 8 nitrogen and oxygen atoms in total. The number of carbonyl (C=O) groups excluding carboxylic acids is 3. The van der Waals surface area contributed by atoms with E-state index in [1.807, 2.05) is 50.2 Å². The number of nitrogens with one attached hydrogen (secondary N) is 2. The van der Waals surface area contributed by atoms with Gasteiger partial charge in [0.2, 0.25) is 5.91 Å². The van der Waals surface area contributed by atoms with Crippen molar-refractivity contribution in [2.75, 3.05) is 20.1 Å². The molecule has 2 aliphatic rings. The SMILES string of the molecule is Cc1ccc(C2NC(=O)N(C)C3=C2C(=O)N(CCC(=O)NCc2ccccn2)C3)c(C)c1. The first kappa shape index (κ1) is 21.5. The predicted molar refractivity (Wildman–Crippen MR) is 119 cm³/mol. The Morgan fingerprint density at radius 1 is 1.22 bits per heavy atom. The third-order valence-corrected chi connectivity index (χ3v) is 5.97. The van der Waals surface area contributed by atoms with Crippen molar-refractivity contribution < 1.29 is 14.4 Å². The highest BCUT2D eigenvalue weighted by atomic mass is 16.2. The average molecular weight is 434 g/mol. The second-order valence-corrected chi connectivity index (χ2v) is 8.24. The second kappa shape index (κ2) is 8.82. The molecule has 2 aromatic rings. The molecule has 0 spiro atoms. The number of nitrogens with zero attached hydrogens (tertiary/aromatic N) is 3. The maximum Gasteiger partial charge on any atom is 0.322 e. The fourth-order valence-corrected chi connectivity index (χ4v) is 4.20. The van der Waals surface area contributed by atoms with Crippen LogP contribution < -0.4 is 10.6 Å². The first-order valence-electron chi connectivity index (χ1n) is 10.7. The van der Waals surface area contributed by atoms with Gasteiger partial charge >= 0.3 is 6.03 Å². The van der Waals surface area contributed by atoms with Crippen LogP contribution in [0, 0.1) is 13.8 Å². The van der Waals surface area contributed by atoms with Gasteiger partial charge in [0.25, 0.3) is 5.91 Å². The highest BCUT2D eigenvalue weighted by molar-refractivity contribution is 6.01. The molecule has 0 radical (unpaired) electrons. The maximum atomic E-state index is 13.3. The van der Waals surface area contributed by atoms with E-state index in [2.05, 4.69) is 15.6 Å². The zero-order valence-electron chi connectivity index (χ0n) is 18.5. The van der Waals surface area contributed by atoms with Gasteiger partial charge < -0.3 is 15.5 Å². The fraction of sp³-hybridized carbons (Fsp3) is 0.333. The zero-order valence-corrected chi connectivity index (χ0v) is 18.5. The van der Waals surface area contributed by atoms with Crippen LogP contribution in [0.2, 0.25) is 0 Å². The number of likely N-dealkylation sites (N-methyl/N-ethyl adjacent to an activating group) is 1. The number of rotatable bonds is 6. The molecule has 1 unspecified atom stereocenters. The van der Waals surface area contributed by atoms with Crippen LogP contribution in [0.5, 0.6) is 0 Å². The first-order chi connectivity index (χ1) is 15.3. The number of urea groups is 1. The molecule has 2 N–H and O–H groups in total. The van der Waals surface area contributed by atoms with Crippen LogP contribution in [0.4, 0.5) is 4.79 Å². The topological polar surface area (TPSA) is 94.6 Å². The zero-order chi connectivity index (χ0) is 22.8. The minimum Gasteiger partial charge on any atom is -0.350 e. The molecule has 0 fully saturated rings. The van der Waals surface area contributed by atoms with Crippen LogP contribution in [-0.2, 0) is 16.1 Å². The van der Waals surface area contributed by atoms with Gasteiger partial charge in [-0.2, -0.15) is 0 Å². The Bertz CT molecular complexity index is 1100. The Morgan fingerprint density at radius 2 is 2.03 bits per heavy atom. The molecule has 4 rings (SSSR count). The van der Waals surface area contributed by atoms with E-state index in [0.29, 0.717) is 24.4 Å². The molecule has 1 atom stereocenters. The van der Waals surface area contributed by atoms with Crippen molar-refractivity contribution in [2.24, 2.45) is 0 Å². The van der Waals surface area contributed by atoms with Gasteiger partial charge in [0, 0.05) is 26.2 Å². The van der Waals surface area contributed by atoms with Crippen molar-refractivity contribution in [2.45, 2.75) is 32.9 Å². The average Bonchev–Trinajstić information content (AvgIpc) is 3.11. The molecule has 166 valence electrons. The summed E-state index contributed by atoms with van der Waals surface area (Å²) >= 11 is 0. The molecule has 1 aromatic carbocycles. The minimum atomic E-state index is -0.496. The number of carbonyl (C=O) groups is 3. The van der Waals surface area contributed by atoms with Crippen LogP contribution in [0.1, 0.15) is 34.8 Å². The summed E-state index contributed by atoms with van der Waals surface area (Å²) in [5, 5.41) is 5.80. The van der Waals surface area contributed by atoms with E-state index >= 15 is 0 Å². The summed E-state index contributed by atoms with van der Waals surface area (Å²) in [7, 11) is 1.67. The molecule has 1 aromatic heterocycles. The lowest BCUT2D eigenvalue weighted by molar-refractivity contribution is -0.127. The molecular formula is C24H27N5O3.